The fraction of sp³-hybridized carbons (Fsp3) is 0.273. The van der Waals surface area contributed by atoms with E-state index in [0.717, 1.165) is 28.3 Å². The summed E-state index contributed by atoms with van der Waals surface area (Å²) in [6.07, 6.45) is 0.401. The van der Waals surface area contributed by atoms with Crippen LogP contribution in [0.25, 0.3) is 11.1 Å². The molecule has 29 heavy (non-hydrogen) atoms. The van der Waals surface area contributed by atoms with Gasteiger partial charge >= 0.3 is 0 Å². The van der Waals surface area contributed by atoms with Crippen LogP contribution in [0.4, 0.5) is 15.8 Å². The molecule has 1 heterocycles. The van der Waals surface area contributed by atoms with E-state index in [2.05, 4.69) is 15.8 Å². The minimum Gasteiger partial charge on any atom is -0.386 e. The highest BCUT2D eigenvalue weighted by atomic mass is 35.5. The average Bonchev–Trinajstić information content (AvgIpc) is 3.02. The van der Waals surface area contributed by atoms with Crippen molar-refractivity contribution >= 4 is 28.9 Å². The van der Waals surface area contributed by atoms with Gasteiger partial charge in [0.15, 0.2) is 0 Å². The van der Waals surface area contributed by atoms with Gasteiger partial charge in [-0.1, -0.05) is 35.8 Å². The van der Waals surface area contributed by atoms with E-state index in [4.69, 9.17) is 16.1 Å². The fourth-order valence-electron chi connectivity index (χ4n) is 3.29. The van der Waals surface area contributed by atoms with E-state index >= 15 is 0 Å². The van der Waals surface area contributed by atoms with E-state index < -0.39 is 5.82 Å². The van der Waals surface area contributed by atoms with Crippen LogP contribution in [-0.4, -0.2) is 18.1 Å². The monoisotopic (exact) mass is 415 g/mol. The van der Waals surface area contributed by atoms with Gasteiger partial charge in [-0.15, -0.1) is 0 Å². The molecule has 3 rings (SSSR count). The quantitative estimate of drug-likeness (QED) is 0.549. The molecule has 0 radical (unpaired) electrons. The largest absolute Gasteiger partial charge is 0.386 e. The van der Waals surface area contributed by atoms with Crippen LogP contribution >= 0.6 is 11.6 Å². The predicted octanol–water partition coefficient (Wildman–Crippen LogP) is 5.61. The lowest BCUT2D eigenvalue weighted by Gasteiger charge is -2.16. The minimum atomic E-state index is -0.485. The maximum atomic E-state index is 13.7. The summed E-state index contributed by atoms with van der Waals surface area (Å²) in [5.74, 6) is -0.285. The van der Waals surface area contributed by atoms with E-state index in [9.17, 15) is 9.18 Å². The van der Waals surface area contributed by atoms with Crippen molar-refractivity contribution in [1.29, 1.82) is 0 Å². The van der Waals surface area contributed by atoms with Gasteiger partial charge in [0.1, 0.15) is 11.6 Å². The number of rotatable bonds is 6. The Bertz CT molecular complexity index is 1030. The summed E-state index contributed by atoms with van der Waals surface area (Å²) in [6, 6.07) is 10.3. The molecular formula is C22H23ClFN3O2. The molecule has 2 aromatic carbocycles. The first kappa shape index (κ1) is 20.9. The van der Waals surface area contributed by atoms with Crippen LogP contribution in [0.1, 0.15) is 23.9 Å². The van der Waals surface area contributed by atoms with Gasteiger partial charge in [0.25, 0.3) is 0 Å². The van der Waals surface area contributed by atoms with Crippen molar-refractivity contribution < 1.29 is 13.7 Å². The normalized spacial score (nSPS) is 11.9. The van der Waals surface area contributed by atoms with E-state index in [1.807, 2.05) is 32.0 Å². The van der Waals surface area contributed by atoms with Crippen LogP contribution in [0.2, 0.25) is 5.02 Å². The van der Waals surface area contributed by atoms with Gasteiger partial charge in [-0.25, -0.2) is 4.39 Å². The number of benzene rings is 2. The number of nitrogens with zero attached hydrogens (tertiary/aromatic N) is 1. The van der Waals surface area contributed by atoms with Crippen LogP contribution in [0, 0.1) is 25.6 Å². The number of anilines is 2. The second kappa shape index (κ2) is 8.66. The van der Waals surface area contributed by atoms with Gasteiger partial charge in [0, 0.05) is 18.5 Å². The van der Waals surface area contributed by atoms with Gasteiger partial charge in [-0.05, 0) is 55.7 Å². The Kier molecular flexibility index (Phi) is 6.23. The standard InChI is InChI=1S/C22H23ClFN3O2/c1-12(9-15-5-7-17(23)18(24)10-15)22(28)26-20-11-16(6-8-19(20)25-4)21-13(2)27-29-14(21)3/h5-8,10-12,25H,9H2,1-4H3,(H,26,28). The highest BCUT2D eigenvalue weighted by Gasteiger charge is 2.18. The summed E-state index contributed by atoms with van der Waals surface area (Å²) >= 11 is 5.73. The molecule has 0 saturated carbocycles. The molecule has 1 aromatic heterocycles. The Hall–Kier alpha value is -2.86. The van der Waals surface area contributed by atoms with Gasteiger partial charge < -0.3 is 15.2 Å². The van der Waals surface area contributed by atoms with Crippen molar-refractivity contribution in [2.45, 2.75) is 27.2 Å². The maximum Gasteiger partial charge on any atom is 0.227 e. The molecule has 0 aliphatic heterocycles. The van der Waals surface area contributed by atoms with Gasteiger partial charge in [-0.2, -0.15) is 0 Å². The number of aromatic nitrogens is 1. The van der Waals surface area contributed by atoms with Crippen LogP contribution in [0.5, 0.6) is 0 Å². The average molecular weight is 416 g/mol. The van der Waals surface area contributed by atoms with Crippen molar-refractivity contribution in [2.24, 2.45) is 5.92 Å². The molecule has 0 aliphatic rings. The molecule has 1 unspecified atom stereocenters. The lowest BCUT2D eigenvalue weighted by molar-refractivity contribution is -0.119. The number of nitrogens with one attached hydrogen (secondary N) is 2. The summed E-state index contributed by atoms with van der Waals surface area (Å²) in [5, 5.41) is 10.1. The summed E-state index contributed by atoms with van der Waals surface area (Å²) in [7, 11) is 1.79. The number of carbonyl (C=O) groups is 1. The van der Waals surface area contributed by atoms with Crippen molar-refractivity contribution in [3.63, 3.8) is 0 Å². The number of hydrogen-bond acceptors (Lipinski definition) is 4. The summed E-state index contributed by atoms with van der Waals surface area (Å²) in [6.45, 7) is 5.54. The van der Waals surface area contributed by atoms with E-state index in [0.29, 0.717) is 17.7 Å². The number of aryl methyl sites for hydroxylation is 2. The topological polar surface area (TPSA) is 67.2 Å². The highest BCUT2D eigenvalue weighted by Crippen LogP contribution is 2.33. The summed E-state index contributed by atoms with van der Waals surface area (Å²) in [5.41, 5.74) is 4.77. The molecule has 5 nitrogen and oxygen atoms in total. The molecule has 1 atom stereocenters. The molecule has 0 saturated heterocycles. The first-order valence-corrected chi connectivity index (χ1v) is 9.67. The minimum absolute atomic E-state index is 0.0701. The van der Waals surface area contributed by atoms with Crippen LogP contribution in [0.3, 0.4) is 0 Å². The zero-order valence-electron chi connectivity index (χ0n) is 16.8. The van der Waals surface area contributed by atoms with Gasteiger partial charge in [0.05, 0.1) is 22.1 Å². The third-order valence-electron chi connectivity index (χ3n) is 4.84. The van der Waals surface area contributed by atoms with Gasteiger partial charge in [0.2, 0.25) is 5.91 Å². The lowest BCUT2D eigenvalue weighted by Crippen LogP contribution is -2.22. The lowest BCUT2D eigenvalue weighted by atomic mass is 9.99. The van der Waals surface area contributed by atoms with Gasteiger partial charge in [-0.3, -0.25) is 4.79 Å². The molecule has 2 N–H and O–H groups in total. The fourth-order valence-corrected chi connectivity index (χ4v) is 3.40. The first-order valence-electron chi connectivity index (χ1n) is 9.30. The summed E-state index contributed by atoms with van der Waals surface area (Å²) < 4.78 is 18.9. The Morgan fingerprint density at radius 3 is 2.59 bits per heavy atom. The number of halogens is 2. The molecular weight excluding hydrogens is 393 g/mol. The Balaban J connectivity index is 1.81. The van der Waals surface area contributed by atoms with Crippen molar-refractivity contribution in [1.82, 2.24) is 5.16 Å². The zero-order valence-corrected chi connectivity index (χ0v) is 17.5. The third-order valence-corrected chi connectivity index (χ3v) is 5.15. The molecule has 7 heteroatoms. The van der Waals surface area contributed by atoms with Crippen LogP contribution in [-0.2, 0) is 11.2 Å². The predicted molar refractivity (Wildman–Crippen MR) is 114 cm³/mol. The van der Waals surface area contributed by atoms with Crippen LogP contribution < -0.4 is 10.6 Å². The van der Waals surface area contributed by atoms with E-state index in [1.54, 1.807) is 20.0 Å². The molecule has 0 aliphatic carbocycles. The Labute approximate surface area is 174 Å². The maximum absolute atomic E-state index is 13.7. The van der Waals surface area contributed by atoms with E-state index in [1.165, 1.54) is 12.1 Å². The van der Waals surface area contributed by atoms with E-state index in [-0.39, 0.29) is 16.8 Å². The molecule has 1 amide bonds. The molecule has 0 bridgehead atoms. The van der Waals surface area contributed by atoms with Crippen LogP contribution in [0.15, 0.2) is 40.9 Å². The van der Waals surface area contributed by atoms with Crippen molar-refractivity contribution in [3.05, 3.63) is 64.3 Å². The van der Waals surface area contributed by atoms with Crippen molar-refractivity contribution in [2.75, 3.05) is 17.7 Å². The molecule has 0 fully saturated rings. The number of amides is 1. The Morgan fingerprint density at radius 2 is 1.97 bits per heavy atom. The molecule has 3 aromatic rings. The number of hydrogen-bond donors (Lipinski definition) is 2. The number of carbonyl (C=O) groups excluding carboxylic acids is 1. The highest BCUT2D eigenvalue weighted by molar-refractivity contribution is 6.30. The SMILES string of the molecule is CNc1ccc(-c2c(C)noc2C)cc1NC(=O)C(C)Cc1ccc(Cl)c(F)c1. The second-order valence-corrected chi connectivity index (χ2v) is 7.46. The van der Waals surface area contributed by atoms with Crippen molar-refractivity contribution in [3.8, 4) is 11.1 Å². The smallest absolute Gasteiger partial charge is 0.227 e. The first-order chi connectivity index (χ1) is 13.8. The molecule has 152 valence electrons. The zero-order chi connectivity index (χ0) is 21.1. The third kappa shape index (κ3) is 4.59. The Morgan fingerprint density at radius 1 is 1.21 bits per heavy atom. The molecule has 0 spiro atoms. The summed E-state index contributed by atoms with van der Waals surface area (Å²) in [4.78, 5) is 12.8. The second-order valence-electron chi connectivity index (χ2n) is 7.05.